The SMILES string of the molecule is CC1CCN(C(=O)c2cncc(CS(=O)(=O)c3cc(Cl)ccc3Cl)c2)CC1. The van der Waals surface area contributed by atoms with Gasteiger partial charge in [-0.2, -0.15) is 0 Å². The highest BCUT2D eigenvalue weighted by atomic mass is 35.5. The molecule has 2 aromatic rings. The van der Waals surface area contributed by atoms with E-state index < -0.39 is 9.84 Å². The summed E-state index contributed by atoms with van der Waals surface area (Å²) in [5.74, 6) is 0.193. The van der Waals surface area contributed by atoms with Gasteiger partial charge in [-0.3, -0.25) is 9.78 Å². The minimum absolute atomic E-state index is 0.0292. The van der Waals surface area contributed by atoms with Crippen LogP contribution < -0.4 is 0 Å². The molecule has 144 valence electrons. The Bertz CT molecular complexity index is 955. The first kappa shape index (κ1) is 20.1. The predicted molar refractivity (Wildman–Crippen MR) is 106 cm³/mol. The summed E-state index contributed by atoms with van der Waals surface area (Å²) in [6, 6.07) is 5.90. The maximum atomic E-state index is 12.7. The molecule has 0 aliphatic carbocycles. The second kappa shape index (κ2) is 8.17. The Balaban J connectivity index is 1.81. The molecule has 0 atom stereocenters. The molecule has 1 aliphatic rings. The Kier molecular flexibility index (Phi) is 6.08. The number of halogens is 2. The monoisotopic (exact) mass is 426 g/mol. The van der Waals surface area contributed by atoms with Crippen molar-refractivity contribution >= 4 is 38.9 Å². The van der Waals surface area contributed by atoms with Crippen molar-refractivity contribution in [3.8, 4) is 0 Å². The lowest BCUT2D eigenvalue weighted by Crippen LogP contribution is -2.38. The van der Waals surface area contributed by atoms with Crippen molar-refractivity contribution in [1.82, 2.24) is 9.88 Å². The number of nitrogens with zero attached hydrogens (tertiary/aromatic N) is 2. The van der Waals surface area contributed by atoms with Gasteiger partial charge in [0.05, 0.1) is 21.2 Å². The van der Waals surface area contributed by atoms with Crippen LogP contribution in [0.4, 0.5) is 0 Å². The fourth-order valence-corrected chi connectivity index (χ4v) is 5.22. The minimum Gasteiger partial charge on any atom is -0.339 e. The number of piperidine rings is 1. The van der Waals surface area contributed by atoms with Crippen molar-refractivity contribution in [3.63, 3.8) is 0 Å². The molecular weight excluding hydrogens is 407 g/mol. The van der Waals surface area contributed by atoms with Crippen LogP contribution in [0.5, 0.6) is 0 Å². The van der Waals surface area contributed by atoms with E-state index in [1.165, 1.54) is 30.6 Å². The molecule has 1 amide bonds. The first-order chi connectivity index (χ1) is 12.8. The molecule has 0 spiro atoms. The molecule has 1 saturated heterocycles. The summed E-state index contributed by atoms with van der Waals surface area (Å²) in [7, 11) is -3.72. The van der Waals surface area contributed by atoms with E-state index in [1.807, 2.05) is 0 Å². The van der Waals surface area contributed by atoms with Gasteiger partial charge in [-0.15, -0.1) is 0 Å². The third kappa shape index (κ3) is 4.81. The van der Waals surface area contributed by atoms with Gasteiger partial charge in [-0.1, -0.05) is 30.1 Å². The fourth-order valence-electron chi connectivity index (χ4n) is 3.09. The molecule has 2 heterocycles. The predicted octanol–water partition coefficient (Wildman–Crippen LogP) is 4.23. The van der Waals surface area contributed by atoms with Crippen LogP contribution in [0.2, 0.25) is 10.0 Å². The summed E-state index contributed by atoms with van der Waals surface area (Å²) in [5, 5.41) is 0.404. The molecule has 0 unspecified atom stereocenters. The third-order valence-corrected chi connectivity index (χ3v) is 7.10. The first-order valence-electron chi connectivity index (χ1n) is 8.67. The summed E-state index contributed by atoms with van der Waals surface area (Å²) in [6.07, 6.45) is 4.87. The second-order valence-electron chi connectivity index (χ2n) is 6.89. The molecule has 3 rings (SSSR count). The molecule has 1 fully saturated rings. The van der Waals surface area contributed by atoms with Crippen molar-refractivity contribution in [2.24, 2.45) is 5.92 Å². The summed E-state index contributed by atoms with van der Waals surface area (Å²) in [4.78, 5) is 18.5. The minimum atomic E-state index is -3.72. The number of hydrogen-bond acceptors (Lipinski definition) is 4. The van der Waals surface area contributed by atoms with E-state index >= 15 is 0 Å². The fraction of sp³-hybridized carbons (Fsp3) is 0.368. The van der Waals surface area contributed by atoms with Crippen LogP contribution in [0.1, 0.15) is 35.7 Å². The molecule has 1 aromatic carbocycles. The van der Waals surface area contributed by atoms with E-state index in [-0.39, 0.29) is 21.6 Å². The van der Waals surface area contributed by atoms with Crippen LogP contribution in [0.25, 0.3) is 0 Å². The van der Waals surface area contributed by atoms with Crippen molar-refractivity contribution < 1.29 is 13.2 Å². The summed E-state index contributed by atoms with van der Waals surface area (Å²) >= 11 is 11.9. The van der Waals surface area contributed by atoms with Gasteiger partial charge in [0.2, 0.25) is 0 Å². The van der Waals surface area contributed by atoms with Gasteiger partial charge in [0.25, 0.3) is 5.91 Å². The molecular formula is C19H20Cl2N2O3S. The number of carbonyl (C=O) groups excluding carboxylic acids is 1. The van der Waals surface area contributed by atoms with Crippen molar-refractivity contribution in [3.05, 3.63) is 57.8 Å². The number of rotatable bonds is 4. The standard InChI is InChI=1S/C19H20Cl2N2O3S/c1-13-4-6-23(7-5-13)19(24)15-8-14(10-22-11-15)12-27(25,26)18-9-16(20)2-3-17(18)21/h2-3,8-11,13H,4-7,12H2,1H3. The van der Waals surface area contributed by atoms with E-state index in [0.717, 1.165) is 12.8 Å². The Morgan fingerprint density at radius 2 is 1.89 bits per heavy atom. The van der Waals surface area contributed by atoms with E-state index in [4.69, 9.17) is 23.2 Å². The Labute approximate surface area is 169 Å². The Morgan fingerprint density at radius 3 is 2.59 bits per heavy atom. The average Bonchev–Trinajstić information content (AvgIpc) is 2.63. The zero-order valence-corrected chi connectivity index (χ0v) is 17.2. The van der Waals surface area contributed by atoms with E-state index in [9.17, 15) is 13.2 Å². The smallest absolute Gasteiger partial charge is 0.255 e. The lowest BCUT2D eigenvalue weighted by Gasteiger charge is -2.30. The number of amides is 1. The van der Waals surface area contributed by atoms with E-state index in [1.54, 1.807) is 11.0 Å². The number of benzene rings is 1. The van der Waals surface area contributed by atoms with E-state index in [0.29, 0.717) is 35.2 Å². The van der Waals surface area contributed by atoms with E-state index in [2.05, 4.69) is 11.9 Å². The number of carbonyl (C=O) groups is 1. The van der Waals surface area contributed by atoms with Crippen LogP contribution in [-0.4, -0.2) is 37.3 Å². The molecule has 0 bridgehead atoms. The average molecular weight is 427 g/mol. The highest BCUT2D eigenvalue weighted by Crippen LogP contribution is 2.28. The molecule has 1 aromatic heterocycles. The highest BCUT2D eigenvalue weighted by Gasteiger charge is 2.23. The number of pyridine rings is 1. The molecule has 0 radical (unpaired) electrons. The number of likely N-dealkylation sites (tertiary alicyclic amines) is 1. The molecule has 5 nitrogen and oxygen atoms in total. The van der Waals surface area contributed by atoms with Gasteiger partial charge in [-0.05, 0) is 48.6 Å². The topological polar surface area (TPSA) is 67.3 Å². The highest BCUT2D eigenvalue weighted by molar-refractivity contribution is 7.90. The summed E-state index contributed by atoms with van der Waals surface area (Å²) < 4.78 is 25.5. The van der Waals surface area contributed by atoms with Crippen LogP contribution in [0.3, 0.4) is 0 Å². The molecule has 27 heavy (non-hydrogen) atoms. The van der Waals surface area contributed by atoms with Crippen LogP contribution in [0, 0.1) is 5.92 Å². The largest absolute Gasteiger partial charge is 0.339 e. The van der Waals surface area contributed by atoms with Crippen LogP contribution in [-0.2, 0) is 15.6 Å². The van der Waals surface area contributed by atoms with Crippen molar-refractivity contribution in [1.29, 1.82) is 0 Å². The van der Waals surface area contributed by atoms with Gasteiger partial charge in [0.15, 0.2) is 9.84 Å². The van der Waals surface area contributed by atoms with Crippen LogP contribution in [0.15, 0.2) is 41.6 Å². The lowest BCUT2D eigenvalue weighted by molar-refractivity contribution is 0.0696. The van der Waals surface area contributed by atoms with Gasteiger partial charge in [-0.25, -0.2) is 8.42 Å². The number of hydrogen-bond donors (Lipinski definition) is 0. The summed E-state index contributed by atoms with van der Waals surface area (Å²) in [5.41, 5.74) is 0.830. The van der Waals surface area contributed by atoms with Crippen molar-refractivity contribution in [2.75, 3.05) is 13.1 Å². The van der Waals surface area contributed by atoms with Gasteiger partial charge < -0.3 is 4.90 Å². The number of aromatic nitrogens is 1. The molecule has 0 saturated carbocycles. The third-order valence-electron chi connectivity index (χ3n) is 4.70. The van der Waals surface area contributed by atoms with Gasteiger partial charge in [0.1, 0.15) is 0 Å². The molecule has 1 aliphatic heterocycles. The number of sulfone groups is 1. The Morgan fingerprint density at radius 1 is 1.19 bits per heavy atom. The maximum Gasteiger partial charge on any atom is 0.255 e. The maximum absolute atomic E-state index is 12.7. The second-order valence-corrected chi connectivity index (χ2v) is 9.69. The summed E-state index contributed by atoms with van der Waals surface area (Å²) in [6.45, 7) is 3.59. The van der Waals surface area contributed by atoms with Gasteiger partial charge >= 0.3 is 0 Å². The first-order valence-corrected chi connectivity index (χ1v) is 11.1. The Hall–Kier alpha value is -1.63. The zero-order chi connectivity index (χ0) is 19.6. The molecule has 8 heteroatoms. The van der Waals surface area contributed by atoms with Gasteiger partial charge in [0, 0.05) is 30.5 Å². The lowest BCUT2D eigenvalue weighted by atomic mass is 9.99. The normalized spacial score (nSPS) is 15.7. The zero-order valence-electron chi connectivity index (χ0n) is 14.9. The molecule has 0 N–H and O–H groups in total. The quantitative estimate of drug-likeness (QED) is 0.732. The van der Waals surface area contributed by atoms with Crippen molar-refractivity contribution in [2.45, 2.75) is 30.4 Å². The van der Waals surface area contributed by atoms with Crippen LogP contribution >= 0.6 is 23.2 Å².